The fourth-order valence-corrected chi connectivity index (χ4v) is 2.95. The monoisotopic (exact) mass is 354 g/mol. The summed E-state index contributed by atoms with van der Waals surface area (Å²) in [5.41, 5.74) is 0.787. The number of nitrogens with one attached hydrogen (secondary N) is 1. The molecule has 1 unspecified atom stereocenters. The molecule has 0 spiro atoms. The van der Waals surface area contributed by atoms with Gasteiger partial charge in [-0.25, -0.2) is 0 Å². The van der Waals surface area contributed by atoms with Crippen LogP contribution in [0.5, 0.6) is 5.75 Å². The van der Waals surface area contributed by atoms with Gasteiger partial charge in [-0.05, 0) is 37.5 Å². The van der Waals surface area contributed by atoms with Gasteiger partial charge in [0.15, 0.2) is 0 Å². The Morgan fingerprint density at radius 2 is 2.17 bits per heavy atom. The maximum Gasteiger partial charge on any atom is 0.252 e. The summed E-state index contributed by atoms with van der Waals surface area (Å²) >= 11 is 5.98. The molecule has 1 saturated heterocycles. The summed E-state index contributed by atoms with van der Waals surface area (Å²) in [6, 6.07) is 5.23. The summed E-state index contributed by atoms with van der Waals surface area (Å²) in [7, 11) is 3.09. The molecule has 1 atom stereocenters. The highest BCUT2D eigenvalue weighted by Gasteiger charge is 2.27. The summed E-state index contributed by atoms with van der Waals surface area (Å²) in [6.07, 6.45) is 2.05. The number of benzene rings is 1. The first-order chi connectivity index (χ1) is 11.5. The van der Waals surface area contributed by atoms with Crippen molar-refractivity contribution in [2.45, 2.75) is 31.9 Å². The van der Waals surface area contributed by atoms with Gasteiger partial charge >= 0.3 is 0 Å². The number of amides is 2. The molecule has 1 heterocycles. The Morgan fingerprint density at radius 1 is 1.38 bits per heavy atom. The van der Waals surface area contributed by atoms with Gasteiger partial charge in [-0.2, -0.15) is 0 Å². The fourth-order valence-electron chi connectivity index (χ4n) is 2.75. The van der Waals surface area contributed by atoms with Crippen LogP contribution in [0.3, 0.4) is 0 Å². The maximum atomic E-state index is 12.3. The molecule has 0 radical (unpaired) electrons. The van der Waals surface area contributed by atoms with Gasteiger partial charge in [0, 0.05) is 30.8 Å². The molecular weight excluding hydrogens is 332 g/mol. The van der Waals surface area contributed by atoms with Crippen molar-refractivity contribution in [3.05, 3.63) is 28.8 Å². The number of nitrogens with zero attached hydrogens (tertiary/aromatic N) is 1. The fraction of sp³-hybridized carbons (Fsp3) is 0.529. The number of carbonyl (C=O) groups is 2. The molecule has 0 saturated carbocycles. The Balaban J connectivity index is 1.93. The highest BCUT2D eigenvalue weighted by atomic mass is 35.5. The van der Waals surface area contributed by atoms with Gasteiger partial charge in [0.05, 0.1) is 13.7 Å². The Hall–Kier alpha value is -1.79. The van der Waals surface area contributed by atoms with E-state index < -0.39 is 6.10 Å². The van der Waals surface area contributed by atoms with Crippen LogP contribution in [-0.2, 0) is 20.9 Å². The quantitative estimate of drug-likeness (QED) is 0.848. The Bertz CT molecular complexity index is 594. The van der Waals surface area contributed by atoms with Crippen LogP contribution in [0, 0.1) is 0 Å². The molecule has 1 aromatic rings. The zero-order valence-electron chi connectivity index (χ0n) is 14.0. The molecule has 2 rings (SSSR count). The summed E-state index contributed by atoms with van der Waals surface area (Å²) in [5.74, 6) is 0.317. The number of methoxy groups -OCH3 is 2. The largest absolute Gasteiger partial charge is 0.496 e. The van der Waals surface area contributed by atoms with Crippen molar-refractivity contribution in [3.63, 3.8) is 0 Å². The maximum absolute atomic E-state index is 12.3. The van der Waals surface area contributed by atoms with E-state index in [0.29, 0.717) is 23.7 Å². The highest BCUT2D eigenvalue weighted by Crippen LogP contribution is 2.22. The van der Waals surface area contributed by atoms with Gasteiger partial charge < -0.3 is 19.7 Å². The topological polar surface area (TPSA) is 67.9 Å². The SMILES string of the molecule is COc1ccc(Cl)cc1CNC(=O)CN1CCCCC(OC)C1=O. The van der Waals surface area contributed by atoms with Crippen LogP contribution in [0.1, 0.15) is 24.8 Å². The molecule has 1 aromatic carbocycles. The van der Waals surface area contributed by atoms with Crippen LogP contribution < -0.4 is 10.1 Å². The van der Waals surface area contributed by atoms with E-state index in [1.54, 1.807) is 30.2 Å². The normalized spacial score (nSPS) is 18.2. The minimum absolute atomic E-state index is 0.0293. The van der Waals surface area contributed by atoms with Gasteiger partial charge in [-0.1, -0.05) is 11.6 Å². The average Bonchev–Trinajstić information content (AvgIpc) is 2.75. The van der Waals surface area contributed by atoms with E-state index in [1.165, 1.54) is 7.11 Å². The van der Waals surface area contributed by atoms with Gasteiger partial charge in [-0.15, -0.1) is 0 Å². The Labute approximate surface area is 147 Å². The van der Waals surface area contributed by atoms with Gasteiger partial charge in [0.2, 0.25) is 5.91 Å². The van der Waals surface area contributed by atoms with Crippen LogP contribution in [0.2, 0.25) is 5.02 Å². The summed E-state index contributed by atoms with van der Waals surface area (Å²) in [4.78, 5) is 26.1. The third kappa shape index (κ3) is 4.85. The molecule has 132 valence electrons. The second-order valence-electron chi connectivity index (χ2n) is 5.71. The van der Waals surface area contributed by atoms with Crippen LogP contribution in [0.25, 0.3) is 0 Å². The molecule has 7 heteroatoms. The number of hydrogen-bond acceptors (Lipinski definition) is 4. The van der Waals surface area contributed by atoms with E-state index in [9.17, 15) is 9.59 Å². The number of ether oxygens (including phenoxy) is 2. The van der Waals surface area contributed by atoms with Crippen LogP contribution >= 0.6 is 11.6 Å². The molecule has 6 nitrogen and oxygen atoms in total. The lowest BCUT2D eigenvalue weighted by molar-refractivity contribution is -0.144. The van der Waals surface area contributed by atoms with Gasteiger partial charge in [0.25, 0.3) is 5.91 Å². The zero-order chi connectivity index (χ0) is 17.5. The lowest BCUT2D eigenvalue weighted by Crippen LogP contribution is -2.44. The second-order valence-corrected chi connectivity index (χ2v) is 6.15. The van der Waals surface area contributed by atoms with Gasteiger partial charge in [-0.3, -0.25) is 9.59 Å². The minimum atomic E-state index is -0.451. The first-order valence-electron chi connectivity index (χ1n) is 7.96. The van der Waals surface area contributed by atoms with Crippen LogP contribution in [0.4, 0.5) is 0 Å². The standard InChI is InChI=1S/C17H23ClN2O4/c1-23-14-7-6-13(18)9-12(14)10-19-16(21)11-20-8-4-3-5-15(24-2)17(20)22/h6-7,9,15H,3-5,8,10-11H2,1-2H3,(H,19,21). The van der Waals surface area contributed by atoms with Crippen molar-refractivity contribution >= 4 is 23.4 Å². The minimum Gasteiger partial charge on any atom is -0.496 e. The van der Waals surface area contributed by atoms with Crippen LogP contribution in [-0.4, -0.2) is 50.1 Å². The van der Waals surface area contributed by atoms with E-state index in [2.05, 4.69) is 5.32 Å². The molecule has 1 fully saturated rings. The first-order valence-corrected chi connectivity index (χ1v) is 8.33. The van der Waals surface area contributed by atoms with E-state index in [-0.39, 0.29) is 24.9 Å². The number of halogens is 1. The molecule has 1 aliphatic heterocycles. The van der Waals surface area contributed by atoms with E-state index in [1.807, 2.05) is 0 Å². The summed E-state index contributed by atoms with van der Waals surface area (Å²) in [5, 5.41) is 3.38. The van der Waals surface area contributed by atoms with Crippen molar-refractivity contribution in [2.24, 2.45) is 0 Å². The number of carbonyl (C=O) groups excluding carboxylic acids is 2. The predicted octanol–water partition coefficient (Wildman–Crippen LogP) is 1.99. The molecule has 0 aromatic heterocycles. The summed E-state index contributed by atoms with van der Waals surface area (Å²) < 4.78 is 10.5. The highest BCUT2D eigenvalue weighted by molar-refractivity contribution is 6.30. The first kappa shape index (κ1) is 18.5. The molecular formula is C17H23ClN2O4. The molecule has 2 amide bonds. The number of rotatable bonds is 6. The van der Waals surface area contributed by atoms with E-state index in [0.717, 1.165) is 18.4 Å². The van der Waals surface area contributed by atoms with E-state index in [4.69, 9.17) is 21.1 Å². The van der Waals surface area contributed by atoms with Crippen molar-refractivity contribution in [2.75, 3.05) is 27.3 Å². The zero-order valence-corrected chi connectivity index (χ0v) is 14.8. The Kier molecular flexibility index (Phi) is 6.87. The molecule has 0 bridgehead atoms. The molecule has 24 heavy (non-hydrogen) atoms. The van der Waals surface area contributed by atoms with E-state index >= 15 is 0 Å². The lowest BCUT2D eigenvalue weighted by atomic mass is 10.2. The molecule has 1 N–H and O–H groups in total. The lowest BCUT2D eigenvalue weighted by Gasteiger charge is -2.23. The van der Waals surface area contributed by atoms with Crippen molar-refractivity contribution in [1.29, 1.82) is 0 Å². The Morgan fingerprint density at radius 3 is 2.88 bits per heavy atom. The predicted molar refractivity (Wildman–Crippen MR) is 91.1 cm³/mol. The van der Waals surface area contributed by atoms with Crippen molar-refractivity contribution in [3.8, 4) is 5.75 Å². The van der Waals surface area contributed by atoms with Crippen molar-refractivity contribution in [1.82, 2.24) is 10.2 Å². The second kappa shape index (κ2) is 8.89. The smallest absolute Gasteiger partial charge is 0.252 e. The summed E-state index contributed by atoms with van der Waals surface area (Å²) in [6.45, 7) is 0.895. The van der Waals surface area contributed by atoms with Crippen LogP contribution in [0.15, 0.2) is 18.2 Å². The third-order valence-corrected chi connectivity index (χ3v) is 4.30. The molecule has 0 aliphatic carbocycles. The van der Waals surface area contributed by atoms with Crippen molar-refractivity contribution < 1.29 is 19.1 Å². The number of likely N-dealkylation sites (tertiary alicyclic amines) is 1. The molecule has 1 aliphatic rings. The average molecular weight is 355 g/mol. The third-order valence-electron chi connectivity index (χ3n) is 4.07. The number of hydrogen-bond donors (Lipinski definition) is 1. The van der Waals surface area contributed by atoms with Gasteiger partial charge in [0.1, 0.15) is 11.9 Å².